The predicted molar refractivity (Wildman–Crippen MR) is 78.1 cm³/mol. The van der Waals surface area contributed by atoms with Gasteiger partial charge >= 0.3 is 0 Å². The zero-order valence-electron chi connectivity index (χ0n) is 11.4. The van der Waals surface area contributed by atoms with Gasteiger partial charge in [-0.3, -0.25) is 14.9 Å². The smallest absolute Gasteiger partial charge is 0.293 e. The Morgan fingerprint density at radius 2 is 1.90 bits per heavy atom. The molecule has 21 heavy (non-hydrogen) atoms. The Bertz CT molecular complexity index is 731. The highest BCUT2D eigenvalue weighted by Gasteiger charge is 2.40. The van der Waals surface area contributed by atoms with Crippen LogP contribution in [0.3, 0.4) is 0 Å². The molecule has 114 valence electrons. The maximum absolute atomic E-state index is 12.0. The average molecular weight is 333 g/mol. The number of carbonyl (C=O) groups is 1. The molecule has 1 aromatic carbocycles. The van der Waals surface area contributed by atoms with Gasteiger partial charge in [0.15, 0.2) is 0 Å². The number of nitro groups is 1. The Hall–Kier alpha value is -1.67. The van der Waals surface area contributed by atoms with Crippen molar-refractivity contribution in [3.8, 4) is 0 Å². The molecule has 1 fully saturated rings. The quantitative estimate of drug-likeness (QED) is 0.478. The highest BCUT2D eigenvalue weighted by molar-refractivity contribution is 8.14. The topological polar surface area (TPSA) is 97.6 Å². The molecule has 1 amide bonds. The van der Waals surface area contributed by atoms with Crippen LogP contribution in [0.4, 0.5) is 11.4 Å². The van der Waals surface area contributed by atoms with Crippen LogP contribution in [-0.2, 0) is 13.8 Å². The van der Waals surface area contributed by atoms with Crippen molar-refractivity contribution in [2.45, 2.75) is 25.5 Å². The van der Waals surface area contributed by atoms with Crippen molar-refractivity contribution in [1.82, 2.24) is 0 Å². The molecular weight excluding hydrogens is 320 g/mol. The summed E-state index contributed by atoms with van der Waals surface area (Å²) in [7, 11) is 1.39. The van der Waals surface area contributed by atoms with Gasteiger partial charge in [-0.15, -0.1) is 0 Å². The molecule has 1 saturated heterocycles. The van der Waals surface area contributed by atoms with Crippen LogP contribution in [-0.4, -0.2) is 31.0 Å². The number of rotatable bonds is 3. The number of halogens is 1. The van der Waals surface area contributed by atoms with E-state index in [1.165, 1.54) is 12.1 Å². The lowest BCUT2D eigenvalue weighted by Gasteiger charge is -2.17. The van der Waals surface area contributed by atoms with Gasteiger partial charge in [-0.05, 0) is 31.0 Å². The maximum atomic E-state index is 12.0. The first-order chi connectivity index (χ1) is 9.61. The van der Waals surface area contributed by atoms with E-state index < -0.39 is 25.1 Å². The van der Waals surface area contributed by atoms with Gasteiger partial charge in [0.2, 0.25) is 15.0 Å². The summed E-state index contributed by atoms with van der Waals surface area (Å²) in [5, 5.41) is 10.1. The molecule has 0 saturated carbocycles. The molecule has 0 radical (unpaired) electrons. The van der Waals surface area contributed by atoms with Crippen molar-refractivity contribution in [3.63, 3.8) is 0 Å². The van der Waals surface area contributed by atoms with Crippen LogP contribution in [0.25, 0.3) is 0 Å². The van der Waals surface area contributed by atoms with Crippen LogP contribution in [0.15, 0.2) is 12.1 Å². The highest BCUT2D eigenvalue weighted by atomic mass is 35.7. The van der Waals surface area contributed by atoms with Gasteiger partial charge < -0.3 is 4.90 Å². The van der Waals surface area contributed by atoms with E-state index in [0.717, 1.165) is 16.0 Å². The SMILES string of the molecule is Cc1cc(N2CC(S(=O)(=O)Cl)CC2=O)c([N+](=O)[O-])cc1C. The van der Waals surface area contributed by atoms with Gasteiger partial charge in [-0.1, -0.05) is 0 Å². The number of hydrogen-bond acceptors (Lipinski definition) is 5. The third kappa shape index (κ3) is 3.01. The normalized spacial score (nSPS) is 19.1. The standard InChI is InChI=1S/C12H13ClN2O5S/c1-7-3-10(11(15(17)18)4-8(7)2)14-6-9(5-12(14)16)21(13,19)20/h3-4,9H,5-6H2,1-2H3. The second kappa shape index (κ2) is 5.27. The molecule has 7 nitrogen and oxygen atoms in total. The summed E-state index contributed by atoms with van der Waals surface area (Å²) >= 11 is 0. The third-order valence-electron chi connectivity index (χ3n) is 3.57. The molecule has 0 bridgehead atoms. The molecule has 9 heteroatoms. The molecule has 0 N–H and O–H groups in total. The summed E-state index contributed by atoms with van der Waals surface area (Å²) in [5.74, 6) is -0.490. The van der Waals surface area contributed by atoms with E-state index in [1.54, 1.807) is 13.8 Å². The summed E-state index contributed by atoms with van der Waals surface area (Å²) in [6.07, 6.45) is -0.268. The number of carbonyl (C=O) groups excluding carboxylic acids is 1. The maximum Gasteiger partial charge on any atom is 0.293 e. The third-order valence-corrected chi connectivity index (χ3v) is 5.43. The minimum absolute atomic E-state index is 0.107. The van der Waals surface area contributed by atoms with E-state index >= 15 is 0 Å². The summed E-state index contributed by atoms with van der Waals surface area (Å²) in [4.78, 5) is 23.7. The predicted octanol–water partition coefficient (Wildman–Crippen LogP) is 1.89. The second-order valence-corrected chi connectivity index (χ2v) is 7.90. The zero-order chi connectivity index (χ0) is 15.9. The highest BCUT2D eigenvalue weighted by Crippen LogP contribution is 2.35. The molecular formula is C12H13ClN2O5S. The number of nitrogens with zero attached hydrogens (tertiary/aromatic N) is 2. The zero-order valence-corrected chi connectivity index (χ0v) is 12.9. The largest absolute Gasteiger partial charge is 0.305 e. The van der Waals surface area contributed by atoms with E-state index in [2.05, 4.69) is 0 Å². The molecule has 1 unspecified atom stereocenters. The van der Waals surface area contributed by atoms with Gasteiger partial charge in [0.05, 0.1) is 4.92 Å². The van der Waals surface area contributed by atoms with E-state index in [-0.39, 0.29) is 24.3 Å². The fourth-order valence-electron chi connectivity index (χ4n) is 2.24. The fourth-order valence-corrected chi connectivity index (χ4v) is 3.27. The minimum atomic E-state index is -3.89. The number of benzene rings is 1. The van der Waals surface area contributed by atoms with Crippen LogP contribution in [0.5, 0.6) is 0 Å². The van der Waals surface area contributed by atoms with Crippen molar-refractivity contribution in [1.29, 1.82) is 0 Å². The lowest BCUT2D eigenvalue weighted by atomic mass is 10.1. The number of amides is 1. The first-order valence-corrected chi connectivity index (χ1v) is 8.48. The minimum Gasteiger partial charge on any atom is -0.305 e. The van der Waals surface area contributed by atoms with Crippen molar-refractivity contribution in [3.05, 3.63) is 33.4 Å². The molecule has 2 rings (SSSR count). The lowest BCUT2D eigenvalue weighted by molar-refractivity contribution is -0.384. The lowest BCUT2D eigenvalue weighted by Crippen LogP contribution is -2.27. The van der Waals surface area contributed by atoms with Crippen LogP contribution in [0.2, 0.25) is 0 Å². The molecule has 1 atom stereocenters. The van der Waals surface area contributed by atoms with Crippen LogP contribution in [0.1, 0.15) is 17.5 Å². The molecule has 0 aromatic heterocycles. The van der Waals surface area contributed by atoms with Crippen molar-refractivity contribution in [2.24, 2.45) is 0 Å². The second-order valence-electron chi connectivity index (χ2n) is 4.99. The van der Waals surface area contributed by atoms with Gasteiger partial charge in [0.25, 0.3) is 5.69 Å². The molecule has 0 aliphatic carbocycles. The van der Waals surface area contributed by atoms with Crippen molar-refractivity contribution in [2.75, 3.05) is 11.4 Å². The van der Waals surface area contributed by atoms with Gasteiger partial charge in [-0.2, -0.15) is 0 Å². The van der Waals surface area contributed by atoms with E-state index in [9.17, 15) is 23.3 Å². The molecule has 1 aromatic rings. The summed E-state index contributed by atoms with van der Waals surface area (Å²) in [6.45, 7) is 3.32. The number of aryl methyl sites for hydroxylation is 2. The number of nitro benzene ring substituents is 1. The van der Waals surface area contributed by atoms with Crippen LogP contribution >= 0.6 is 10.7 Å². The van der Waals surface area contributed by atoms with Crippen LogP contribution in [0, 0.1) is 24.0 Å². The monoisotopic (exact) mass is 332 g/mol. The summed E-state index contributed by atoms with van der Waals surface area (Å²) in [6, 6.07) is 2.90. The Labute approximate surface area is 126 Å². The van der Waals surface area contributed by atoms with Gasteiger partial charge in [0, 0.05) is 29.7 Å². The van der Waals surface area contributed by atoms with E-state index in [1.807, 2.05) is 0 Å². The average Bonchev–Trinajstić information content (AvgIpc) is 2.74. The summed E-state index contributed by atoms with van der Waals surface area (Å²) in [5.41, 5.74) is 1.38. The molecule has 1 aliphatic heterocycles. The molecule has 1 aliphatic rings. The van der Waals surface area contributed by atoms with Crippen LogP contribution < -0.4 is 4.90 Å². The number of anilines is 1. The fraction of sp³-hybridized carbons (Fsp3) is 0.417. The first kappa shape index (κ1) is 15.7. The molecule has 1 heterocycles. The number of hydrogen-bond donors (Lipinski definition) is 0. The Morgan fingerprint density at radius 3 is 2.38 bits per heavy atom. The summed E-state index contributed by atoms with van der Waals surface area (Å²) < 4.78 is 22.7. The van der Waals surface area contributed by atoms with Gasteiger partial charge in [-0.25, -0.2) is 8.42 Å². The van der Waals surface area contributed by atoms with E-state index in [4.69, 9.17) is 10.7 Å². The Morgan fingerprint density at radius 1 is 1.33 bits per heavy atom. The Kier molecular flexibility index (Phi) is 3.94. The Balaban J connectivity index is 2.50. The van der Waals surface area contributed by atoms with E-state index in [0.29, 0.717) is 0 Å². The van der Waals surface area contributed by atoms with Crippen molar-refractivity contribution < 1.29 is 18.1 Å². The molecule has 0 spiro atoms. The van der Waals surface area contributed by atoms with Crippen molar-refractivity contribution >= 4 is 37.0 Å². The van der Waals surface area contributed by atoms with Gasteiger partial charge in [0.1, 0.15) is 10.9 Å². The first-order valence-electron chi connectivity index (χ1n) is 6.10.